The fourth-order valence-electron chi connectivity index (χ4n) is 1.38. The van der Waals surface area contributed by atoms with Crippen molar-refractivity contribution in [3.63, 3.8) is 0 Å². The highest BCUT2D eigenvalue weighted by Gasteiger charge is 2.25. The molecule has 2 rings (SSSR count). The fourth-order valence-corrected chi connectivity index (χ4v) is 2.85. The second-order valence-corrected chi connectivity index (χ2v) is 6.19. The van der Waals surface area contributed by atoms with Gasteiger partial charge in [-0.25, -0.2) is 17.8 Å². The number of aromatic nitrogens is 1. The summed E-state index contributed by atoms with van der Waals surface area (Å²) in [6.45, 7) is 0. The Kier molecular flexibility index (Phi) is 3.86. The highest BCUT2D eigenvalue weighted by atomic mass is 32.2. The molecule has 0 saturated carbocycles. The predicted molar refractivity (Wildman–Crippen MR) is 70.5 cm³/mol. The van der Waals surface area contributed by atoms with E-state index in [2.05, 4.69) is 4.98 Å². The molecule has 0 atom stereocenters. The summed E-state index contributed by atoms with van der Waals surface area (Å²) in [5.41, 5.74) is 6.36. The van der Waals surface area contributed by atoms with Crippen LogP contribution in [0.25, 0.3) is 11.3 Å². The van der Waals surface area contributed by atoms with Crippen molar-refractivity contribution >= 4 is 32.2 Å². The van der Waals surface area contributed by atoms with Gasteiger partial charge in [0.05, 0.1) is 5.69 Å². The molecule has 10 heteroatoms. The topological polar surface area (TPSA) is 85.1 Å². The van der Waals surface area contributed by atoms with Gasteiger partial charge in [0.25, 0.3) is 10.0 Å². The molecule has 0 spiro atoms. The summed E-state index contributed by atoms with van der Waals surface area (Å²) in [6.07, 6.45) is 0. The smallest absolute Gasteiger partial charge is 0.355 e. The van der Waals surface area contributed by atoms with Crippen molar-refractivity contribution in [2.45, 2.75) is 5.76 Å². The second kappa shape index (κ2) is 5.29. The van der Waals surface area contributed by atoms with Crippen LogP contribution in [0.3, 0.4) is 0 Å². The maximum Gasteiger partial charge on any atom is 0.355 e. The SMILES string of the molecule is Nc1cc(F)ccc1-c1csc(NS(=O)(=O)C(F)F)n1. The number of thiazole rings is 1. The summed E-state index contributed by atoms with van der Waals surface area (Å²) < 4.78 is 60.9. The number of nitrogen functional groups attached to an aromatic ring is 1. The summed E-state index contributed by atoms with van der Waals surface area (Å²) in [6, 6.07) is 3.61. The Bertz CT molecular complexity index is 731. The zero-order chi connectivity index (χ0) is 14.9. The van der Waals surface area contributed by atoms with E-state index in [0.29, 0.717) is 5.56 Å². The molecular formula is C10H8F3N3O2S2. The zero-order valence-electron chi connectivity index (χ0n) is 9.68. The number of hydrogen-bond acceptors (Lipinski definition) is 5. The molecule has 2 aromatic rings. The summed E-state index contributed by atoms with van der Waals surface area (Å²) in [7, 11) is -4.76. The molecule has 0 fully saturated rings. The monoisotopic (exact) mass is 323 g/mol. The van der Waals surface area contributed by atoms with Crippen molar-refractivity contribution in [3.05, 3.63) is 29.4 Å². The maximum absolute atomic E-state index is 12.9. The van der Waals surface area contributed by atoms with E-state index in [1.165, 1.54) is 11.4 Å². The third-order valence-corrected chi connectivity index (χ3v) is 4.09. The molecule has 3 N–H and O–H groups in total. The molecule has 0 saturated heterocycles. The van der Waals surface area contributed by atoms with E-state index in [-0.39, 0.29) is 16.5 Å². The first-order chi connectivity index (χ1) is 9.29. The van der Waals surface area contributed by atoms with Crippen LogP contribution in [0.15, 0.2) is 23.6 Å². The van der Waals surface area contributed by atoms with E-state index in [0.717, 1.165) is 23.5 Å². The van der Waals surface area contributed by atoms with Gasteiger partial charge in [0, 0.05) is 16.6 Å². The molecule has 0 bridgehead atoms. The molecular weight excluding hydrogens is 315 g/mol. The van der Waals surface area contributed by atoms with E-state index in [4.69, 9.17) is 5.73 Å². The molecule has 0 aliphatic heterocycles. The molecule has 0 unspecified atom stereocenters. The van der Waals surface area contributed by atoms with Crippen LogP contribution in [0.2, 0.25) is 0 Å². The Morgan fingerprint density at radius 2 is 2.05 bits per heavy atom. The standard InChI is InChI=1S/C10H8F3N3O2S2/c11-5-1-2-6(7(14)3-5)8-4-19-10(15-8)16-20(17,18)9(12)13/h1-4,9H,14H2,(H,15,16). The lowest BCUT2D eigenvalue weighted by Crippen LogP contribution is -2.20. The van der Waals surface area contributed by atoms with Crippen molar-refractivity contribution in [2.24, 2.45) is 0 Å². The predicted octanol–water partition coefficient (Wildman–Crippen LogP) is 2.50. The minimum absolute atomic E-state index is 0.110. The van der Waals surface area contributed by atoms with Gasteiger partial charge in [0.2, 0.25) is 0 Å². The first-order valence-corrected chi connectivity index (χ1v) is 7.53. The molecule has 108 valence electrons. The number of nitrogens with zero attached hydrogens (tertiary/aromatic N) is 1. The van der Waals surface area contributed by atoms with Crippen LogP contribution < -0.4 is 10.5 Å². The zero-order valence-corrected chi connectivity index (χ0v) is 11.3. The average molecular weight is 323 g/mol. The van der Waals surface area contributed by atoms with E-state index < -0.39 is 21.6 Å². The number of nitrogens with one attached hydrogen (secondary N) is 1. The highest BCUT2D eigenvalue weighted by molar-refractivity contribution is 7.93. The van der Waals surface area contributed by atoms with Crippen molar-refractivity contribution in [2.75, 3.05) is 10.5 Å². The number of benzene rings is 1. The molecule has 5 nitrogen and oxygen atoms in total. The lowest BCUT2D eigenvalue weighted by Gasteiger charge is -2.03. The first kappa shape index (κ1) is 14.6. The number of nitrogens with two attached hydrogens (primary N) is 1. The van der Waals surface area contributed by atoms with Gasteiger partial charge in [-0.2, -0.15) is 8.78 Å². The van der Waals surface area contributed by atoms with E-state index >= 15 is 0 Å². The van der Waals surface area contributed by atoms with Gasteiger partial charge in [-0.15, -0.1) is 11.3 Å². The van der Waals surface area contributed by atoms with Gasteiger partial charge in [-0.1, -0.05) is 0 Å². The Balaban J connectivity index is 2.30. The minimum Gasteiger partial charge on any atom is -0.398 e. The van der Waals surface area contributed by atoms with Crippen molar-refractivity contribution in [1.29, 1.82) is 0 Å². The summed E-state index contributed by atoms with van der Waals surface area (Å²) in [4.78, 5) is 3.83. The quantitative estimate of drug-likeness (QED) is 0.847. The maximum atomic E-state index is 12.9. The van der Waals surface area contributed by atoms with Crippen LogP contribution in [0.5, 0.6) is 0 Å². The van der Waals surface area contributed by atoms with Crippen molar-refractivity contribution < 1.29 is 21.6 Å². The largest absolute Gasteiger partial charge is 0.398 e. The van der Waals surface area contributed by atoms with Crippen LogP contribution in [-0.2, 0) is 10.0 Å². The van der Waals surface area contributed by atoms with Gasteiger partial charge >= 0.3 is 5.76 Å². The molecule has 1 heterocycles. The Labute approximate surface area is 116 Å². The van der Waals surface area contributed by atoms with Crippen LogP contribution >= 0.6 is 11.3 Å². The fraction of sp³-hybridized carbons (Fsp3) is 0.100. The van der Waals surface area contributed by atoms with Gasteiger partial charge in [-0.05, 0) is 18.2 Å². The molecule has 1 aromatic carbocycles. The number of anilines is 2. The Hall–Kier alpha value is -1.81. The minimum atomic E-state index is -4.76. The van der Waals surface area contributed by atoms with Crippen molar-refractivity contribution in [3.8, 4) is 11.3 Å². The number of hydrogen-bond donors (Lipinski definition) is 2. The normalized spacial score (nSPS) is 11.8. The number of rotatable bonds is 4. The van der Waals surface area contributed by atoms with Gasteiger partial charge in [0.1, 0.15) is 5.82 Å². The van der Waals surface area contributed by atoms with Gasteiger partial charge in [-0.3, -0.25) is 4.72 Å². The molecule has 0 aliphatic carbocycles. The third kappa shape index (κ3) is 3.02. The molecule has 1 aromatic heterocycles. The summed E-state index contributed by atoms with van der Waals surface area (Å²) in [5.74, 6) is -4.08. The average Bonchev–Trinajstić information content (AvgIpc) is 2.76. The third-order valence-electron chi connectivity index (χ3n) is 2.26. The van der Waals surface area contributed by atoms with Gasteiger partial charge in [0.15, 0.2) is 5.13 Å². The highest BCUT2D eigenvalue weighted by Crippen LogP contribution is 2.30. The van der Waals surface area contributed by atoms with E-state index in [9.17, 15) is 21.6 Å². The lowest BCUT2D eigenvalue weighted by molar-refractivity contribution is 0.236. The summed E-state index contributed by atoms with van der Waals surface area (Å²) >= 11 is 0.818. The molecule has 0 amide bonds. The Morgan fingerprint density at radius 1 is 1.35 bits per heavy atom. The van der Waals surface area contributed by atoms with Crippen LogP contribution in [0.1, 0.15) is 0 Å². The van der Waals surface area contributed by atoms with Gasteiger partial charge < -0.3 is 5.73 Å². The Morgan fingerprint density at radius 3 is 2.65 bits per heavy atom. The second-order valence-electron chi connectivity index (χ2n) is 3.68. The lowest BCUT2D eigenvalue weighted by atomic mass is 10.1. The number of sulfonamides is 1. The first-order valence-electron chi connectivity index (χ1n) is 5.10. The van der Waals surface area contributed by atoms with Crippen LogP contribution in [-0.4, -0.2) is 19.2 Å². The number of alkyl halides is 2. The summed E-state index contributed by atoms with van der Waals surface area (Å²) in [5, 5.41) is 1.21. The van der Waals surface area contributed by atoms with Crippen LogP contribution in [0, 0.1) is 5.82 Å². The van der Waals surface area contributed by atoms with Crippen molar-refractivity contribution in [1.82, 2.24) is 4.98 Å². The molecule has 0 aliphatic rings. The molecule has 20 heavy (non-hydrogen) atoms. The molecule has 0 radical (unpaired) electrons. The van der Waals surface area contributed by atoms with E-state index in [1.807, 2.05) is 0 Å². The van der Waals surface area contributed by atoms with Crippen LogP contribution in [0.4, 0.5) is 24.0 Å². The van der Waals surface area contributed by atoms with E-state index in [1.54, 1.807) is 4.72 Å². The number of halogens is 3.